The largest absolute Gasteiger partial charge is 0.493 e. The molecule has 0 saturated carbocycles. The summed E-state index contributed by atoms with van der Waals surface area (Å²) in [5.41, 5.74) is 4.15. The number of anilines is 1. The van der Waals surface area contributed by atoms with Gasteiger partial charge in [-0.3, -0.25) is 4.79 Å². The molecule has 0 saturated heterocycles. The van der Waals surface area contributed by atoms with E-state index in [1.54, 1.807) is 0 Å². The molecular formula is C17H16F2N4O4S. The van der Waals surface area contributed by atoms with Gasteiger partial charge in [-0.15, -0.1) is 0 Å². The topological polar surface area (TPSA) is 134 Å². The number of aliphatic imine (C=N–C) groups is 1. The van der Waals surface area contributed by atoms with Crippen molar-refractivity contribution >= 4 is 27.8 Å². The highest BCUT2D eigenvalue weighted by atomic mass is 32.2. The number of primary amides is 1. The van der Waals surface area contributed by atoms with E-state index < -0.39 is 44.7 Å². The number of halogens is 2. The fourth-order valence-corrected chi connectivity index (χ4v) is 2.77. The fourth-order valence-electron chi connectivity index (χ4n) is 2.04. The third kappa shape index (κ3) is 4.90. The van der Waals surface area contributed by atoms with Crippen LogP contribution in [0.15, 0.2) is 63.9 Å². The van der Waals surface area contributed by atoms with Gasteiger partial charge in [0, 0.05) is 11.9 Å². The molecule has 0 aliphatic rings. The molecule has 0 bridgehead atoms. The van der Waals surface area contributed by atoms with Gasteiger partial charge in [0.25, 0.3) is 5.91 Å². The monoisotopic (exact) mass is 410 g/mol. The maximum absolute atomic E-state index is 13.6. The van der Waals surface area contributed by atoms with E-state index in [4.69, 9.17) is 5.73 Å². The molecule has 2 aromatic carbocycles. The second-order valence-corrected chi connectivity index (χ2v) is 7.20. The van der Waals surface area contributed by atoms with Crippen LogP contribution in [0, 0.1) is 11.6 Å². The summed E-state index contributed by atoms with van der Waals surface area (Å²) in [4.78, 5) is 15.1. The first-order chi connectivity index (χ1) is 13.2. The van der Waals surface area contributed by atoms with Crippen molar-refractivity contribution in [3.8, 4) is 0 Å². The number of amides is 1. The Kier molecular flexibility index (Phi) is 6.44. The molecule has 11 heteroatoms. The van der Waals surface area contributed by atoms with Crippen LogP contribution in [0.3, 0.4) is 0 Å². The van der Waals surface area contributed by atoms with Gasteiger partial charge in [0.15, 0.2) is 5.70 Å². The second kappa shape index (κ2) is 8.59. The Labute approximate surface area is 159 Å². The summed E-state index contributed by atoms with van der Waals surface area (Å²) < 4.78 is 52.7. The van der Waals surface area contributed by atoms with Crippen molar-refractivity contribution in [3.05, 3.63) is 71.2 Å². The minimum Gasteiger partial charge on any atom is -0.493 e. The Morgan fingerprint density at radius 3 is 2.21 bits per heavy atom. The highest BCUT2D eigenvalue weighted by molar-refractivity contribution is 7.89. The predicted octanol–water partition coefficient (Wildman–Crippen LogP) is 1.62. The van der Waals surface area contributed by atoms with E-state index in [9.17, 15) is 27.1 Å². The van der Waals surface area contributed by atoms with E-state index in [1.807, 2.05) is 0 Å². The van der Waals surface area contributed by atoms with Crippen LogP contribution in [0.2, 0.25) is 0 Å². The van der Waals surface area contributed by atoms with Crippen LogP contribution in [0.25, 0.3) is 0 Å². The summed E-state index contributed by atoms with van der Waals surface area (Å²) >= 11 is 0. The van der Waals surface area contributed by atoms with Gasteiger partial charge >= 0.3 is 0 Å². The average Bonchev–Trinajstić information content (AvgIpc) is 2.64. The standard InChI is InChI=1S/C17H16F2N4O4S/c1-21-28(26,27)11-7-5-10(6-8-11)23-17(25)15(16(20)24)22-9-12-13(18)3-2-4-14(12)19/h2-9,21,23,25H,1H3,(H2,20,24)/b17-15-,22-9?. The maximum Gasteiger partial charge on any atom is 0.272 e. The Morgan fingerprint density at radius 2 is 1.71 bits per heavy atom. The molecule has 8 nitrogen and oxygen atoms in total. The molecule has 0 heterocycles. The zero-order valence-corrected chi connectivity index (χ0v) is 15.3. The fraction of sp³-hybridized carbons (Fsp3) is 0.0588. The van der Waals surface area contributed by atoms with E-state index in [-0.39, 0.29) is 10.6 Å². The van der Waals surface area contributed by atoms with Gasteiger partial charge in [-0.2, -0.15) is 0 Å². The molecule has 0 aliphatic carbocycles. The molecule has 0 aromatic heterocycles. The van der Waals surface area contributed by atoms with E-state index in [2.05, 4.69) is 15.0 Å². The number of nitrogens with two attached hydrogens (primary N) is 1. The molecule has 0 spiro atoms. The number of hydrogen-bond donors (Lipinski definition) is 4. The van der Waals surface area contributed by atoms with Crippen molar-refractivity contribution in [1.29, 1.82) is 0 Å². The van der Waals surface area contributed by atoms with Gasteiger partial charge in [0.2, 0.25) is 15.9 Å². The van der Waals surface area contributed by atoms with E-state index in [0.717, 1.165) is 18.2 Å². The van der Waals surface area contributed by atoms with Crippen molar-refractivity contribution in [3.63, 3.8) is 0 Å². The molecular weight excluding hydrogens is 394 g/mol. The number of hydrogen-bond acceptors (Lipinski definition) is 6. The van der Waals surface area contributed by atoms with Crippen LogP contribution in [0.5, 0.6) is 0 Å². The lowest BCUT2D eigenvalue weighted by Gasteiger charge is -2.08. The SMILES string of the molecule is CNS(=O)(=O)c1ccc(N/C(O)=C(/N=Cc2c(F)cccc2F)C(N)=O)cc1. The van der Waals surface area contributed by atoms with E-state index in [0.29, 0.717) is 6.21 Å². The summed E-state index contributed by atoms with van der Waals surface area (Å²) in [5, 5.41) is 12.5. The van der Waals surface area contributed by atoms with Gasteiger partial charge < -0.3 is 16.2 Å². The Hall–Kier alpha value is -3.31. The molecule has 2 rings (SSSR count). The molecule has 2 aromatic rings. The number of nitrogens with one attached hydrogen (secondary N) is 2. The predicted molar refractivity (Wildman–Crippen MR) is 99.1 cm³/mol. The van der Waals surface area contributed by atoms with Crippen molar-refractivity contribution in [2.24, 2.45) is 10.7 Å². The Bertz CT molecular complexity index is 1030. The van der Waals surface area contributed by atoms with Crippen molar-refractivity contribution in [2.45, 2.75) is 4.90 Å². The lowest BCUT2D eigenvalue weighted by atomic mass is 10.2. The van der Waals surface area contributed by atoms with Gasteiger partial charge in [0.1, 0.15) is 11.6 Å². The number of rotatable bonds is 7. The molecule has 5 N–H and O–H groups in total. The van der Waals surface area contributed by atoms with Crippen LogP contribution in [0.4, 0.5) is 14.5 Å². The molecule has 0 unspecified atom stereocenters. The third-order valence-electron chi connectivity index (χ3n) is 3.48. The highest BCUT2D eigenvalue weighted by Crippen LogP contribution is 2.17. The summed E-state index contributed by atoms with van der Waals surface area (Å²) in [6.07, 6.45) is 0.714. The van der Waals surface area contributed by atoms with Crippen LogP contribution in [-0.4, -0.2) is 32.7 Å². The van der Waals surface area contributed by atoms with Crippen molar-refractivity contribution < 1.29 is 27.1 Å². The Morgan fingerprint density at radius 1 is 1.14 bits per heavy atom. The van der Waals surface area contributed by atoms with Gasteiger partial charge in [0.05, 0.1) is 10.5 Å². The molecule has 148 valence electrons. The number of aliphatic hydroxyl groups is 1. The summed E-state index contributed by atoms with van der Waals surface area (Å²) in [6.45, 7) is 0. The average molecular weight is 410 g/mol. The Balaban J connectivity index is 2.31. The van der Waals surface area contributed by atoms with Crippen LogP contribution >= 0.6 is 0 Å². The van der Waals surface area contributed by atoms with E-state index in [1.165, 1.54) is 31.3 Å². The minimum atomic E-state index is -3.64. The van der Waals surface area contributed by atoms with Gasteiger partial charge in [-0.05, 0) is 43.4 Å². The number of benzene rings is 2. The first-order valence-electron chi connectivity index (χ1n) is 7.67. The van der Waals surface area contributed by atoms with Crippen LogP contribution < -0.4 is 15.8 Å². The summed E-state index contributed by atoms with van der Waals surface area (Å²) in [7, 11) is -2.39. The van der Waals surface area contributed by atoms with Gasteiger partial charge in [-0.25, -0.2) is 26.9 Å². The normalized spacial score (nSPS) is 12.7. The first-order valence-corrected chi connectivity index (χ1v) is 9.15. The summed E-state index contributed by atoms with van der Waals surface area (Å²) in [5.74, 6) is -3.78. The van der Waals surface area contributed by atoms with Crippen molar-refractivity contribution in [2.75, 3.05) is 12.4 Å². The lowest BCUT2D eigenvalue weighted by molar-refractivity contribution is -0.114. The number of aliphatic hydroxyl groups excluding tert-OH is 1. The van der Waals surface area contributed by atoms with E-state index >= 15 is 0 Å². The molecule has 0 radical (unpaired) electrons. The zero-order chi connectivity index (χ0) is 20.9. The second-order valence-electron chi connectivity index (χ2n) is 5.31. The number of nitrogens with zero attached hydrogens (tertiary/aromatic N) is 1. The van der Waals surface area contributed by atoms with Crippen LogP contribution in [-0.2, 0) is 14.8 Å². The first kappa shape index (κ1) is 21.0. The molecule has 0 aliphatic heterocycles. The third-order valence-corrected chi connectivity index (χ3v) is 4.91. The molecule has 28 heavy (non-hydrogen) atoms. The molecule has 0 fully saturated rings. The number of carbonyl (C=O) groups excluding carboxylic acids is 1. The number of carbonyl (C=O) groups is 1. The molecule has 1 amide bonds. The highest BCUT2D eigenvalue weighted by Gasteiger charge is 2.14. The van der Waals surface area contributed by atoms with Crippen molar-refractivity contribution in [1.82, 2.24) is 4.72 Å². The quantitative estimate of drug-likeness (QED) is 0.313. The van der Waals surface area contributed by atoms with Crippen LogP contribution in [0.1, 0.15) is 5.56 Å². The lowest BCUT2D eigenvalue weighted by Crippen LogP contribution is -2.19. The minimum absolute atomic E-state index is 0.0211. The smallest absolute Gasteiger partial charge is 0.272 e. The maximum atomic E-state index is 13.6. The van der Waals surface area contributed by atoms with Gasteiger partial charge in [-0.1, -0.05) is 6.07 Å². The zero-order valence-electron chi connectivity index (χ0n) is 14.5. The molecule has 0 atom stereocenters. The number of sulfonamides is 1. The summed E-state index contributed by atoms with van der Waals surface area (Å²) in [6, 6.07) is 8.29.